The molecule has 1 atom stereocenters. The second-order valence-electron chi connectivity index (χ2n) is 4.83. The summed E-state index contributed by atoms with van der Waals surface area (Å²) in [6, 6.07) is 8.25. The van der Waals surface area contributed by atoms with Crippen LogP contribution in [-0.2, 0) is 11.2 Å². The molecule has 0 aliphatic carbocycles. The van der Waals surface area contributed by atoms with E-state index in [0.29, 0.717) is 18.7 Å². The van der Waals surface area contributed by atoms with Crippen LogP contribution in [0.3, 0.4) is 0 Å². The van der Waals surface area contributed by atoms with E-state index in [1.807, 2.05) is 6.07 Å². The third-order valence-corrected chi connectivity index (χ3v) is 4.38. The van der Waals surface area contributed by atoms with Crippen molar-refractivity contribution in [3.8, 4) is 0 Å². The Morgan fingerprint density at radius 3 is 3.06 bits per heavy atom. The average molecular weight is 265 g/mol. The molecule has 0 radical (unpaired) electrons. The van der Waals surface area contributed by atoms with E-state index in [1.165, 1.54) is 11.1 Å². The molecular weight excluding hydrogens is 246 g/mol. The van der Waals surface area contributed by atoms with E-state index in [1.54, 1.807) is 11.8 Å². The van der Waals surface area contributed by atoms with Gasteiger partial charge in [-0.2, -0.15) is 11.8 Å². The Balaban J connectivity index is 1.80. The summed E-state index contributed by atoms with van der Waals surface area (Å²) in [5.41, 5.74) is 1.30. The Labute approximate surface area is 112 Å². The van der Waals surface area contributed by atoms with Gasteiger partial charge in [0.05, 0.1) is 0 Å². The summed E-state index contributed by atoms with van der Waals surface area (Å²) in [5.74, 6) is 1.16. The SMILES string of the molecule is Cc1cccc(CCNC(=O)C2(O)CCSC2)c1. The van der Waals surface area contributed by atoms with Crippen molar-refractivity contribution < 1.29 is 9.90 Å². The standard InChI is InChI=1S/C14H19NO2S/c1-11-3-2-4-12(9-11)5-7-15-13(16)14(17)6-8-18-10-14/h2-4,9,17H,5-8,10H2,1H3,(H,15,16). The smallest absolute Gasteiger partial charge is 0.252 e. The van der Waals surface area contributed by atoms with E-state index in [-0.39, 0.29) is 5.91 Å². The minimum absolute atomic E-state index is 0.222. The second-order valence-corrected chi connectivity index (χ2v) is 5.93. The number of hydrogen-bond acceptors (Lipinski definition) is 3. The fourth-order valence-corrected chi connectivity index (χ4v) is 3.33. The molecule has 1 amide bonds. The van der Waals surface area contributed by atoms with Crippen molar-refractivity contribution >= 4 is 17.7 Å². The lowest BCUT2D eigenvalue weighted by Crippen LogP contribution is -2.47. The first-order chi connectivity index (χ1) is 8.60. The first-order valence-corrected chi connectivity index (χ1v) is 7.40. The first-order valence-electron chi connectivity index (χ1n) is 6.24. The Bertz CT molecular complexity index is 428. The minimum Gasteiger partial charge on any atom is -0.379 e. The molecule has 1 heterocycles. The Hall–Kier alpha value is -1.00. The van der Waals surface area contributed by atoms with E-state index in [4.69, 9.17) is 0 Å². The van der Waals surface area contributed by atoms with Gasteiger partial charge in [-0.15, -0.1) is 0 Å². The van der Waals surface area contributed by atoms with Crippen molar-refractivity contribution in [3.63, 3.8) is 0 Å². The Kier molecular flexibility index (Phi) is 4.30. The molecule has 0 aromatic heterocycles. The number of amides is 1. The highest BCUT2D eigenvalue weighted by Crippen LogP contribution is 2.27. The van der Waals surface area contributed by atoms with E-state index in [2.05, 4.69) is 30.4 Å². The molecule has 1 saturated heterocycles. The molecule has 1 aliphatic rings. The third kappa shape index (κ3) is 3.27. The number of hydrogen-bond donors (Lipinski definition) is 2. The third-order valence-electron chi connectivity index (χ3n) is 3.21. The summed E-state index contributed by atoms with van der Waals surface area (Å²) in [4.78, 5) is 11.8. The summed E-state index contributed by atoms with van der Waals surface area (Å²) >= 11 is 1.63. The van der Waals surface area contributed by atoms with Gasteiger partial charge in [0, 0.05) is 12.3 Å². The molecular formula is C14H19NO2S. The fraction of sp³-hybridized carbons (Fsp3) is 0.500. The zero-order chi connectivity index (χ0) is 13.0. The molecule has 18 heavy (non-hydrogen) atoms. The number of benzene rings is 1. The molecule has 2 N–H and O–H groups in total. The number of aliphatic hydroxyl groups is 1. The van der Waals surface area contributed by atoms with Crippen molar-refractivity contribution in [2.75, 3.05) is 18.1 Å². The molecule has 3 nitrogen and oxygen atoms in total. The first kappa shape index (κ1) is 13.4. The van der Waals surface area contributed by atoms with Crippen LogP contribution >= 0.6 is 11.8 Å². The van der Waals surface area contributed by atoms with Gasteiger partial charge in [0.1, 0.15) is 0 Å². The van der Waals surface area contributed by atoms with Crippen LogP contribution in [0, 0.1) is 6.92 Å². The zero-order valence-corrected chi connectivity index (χ0v) is 11.4. The summed E-state index contributed by atoms with van der Waals surface area (Å²) < 4.78 is 0. The summed E-state index contributed by atoms with van der Waals surface area (Å²) in [5, 5.41) is 12.9. The van der Waals surface area contributed by atoms with Crippen LogP contribution in [0.4, 0.5) is 0 Å². The lowest BCUT2D eigenvalue weighted by atomic mass is 10.0. The van der Waals surface area contributed by atoms with Gasteiger partial charge >= 0.3 is 0 Å². The topological polar surface area (TPSA) is 49.3 Å². The number of carbonyl (C=O) groups is 1. The number of thioether (sulfide) groups is 1. The Morgan fingerprint density at radius 2 is 2.39 bits per heavy atom. The van der Waals surface area contributed by atoms with Crippen LogP contribution in [-0.4, -0.2) is 34.7 Å². The molecule has 0 spiro atoms. The predicted molar refractivity (Wildman–Crippen MR) is 74.8 cm³/mol. The van der Waals surface area contributed by atoms with Crippen LogP contribution in [0.25, 0.3) is 0 Å². The van der Waals surface area contributed by atoms with Crippen LogP contribution < -0.4 is 5.32 Å². The van der Waals surface area contributed by atoms with E-state index >= 15 is 0 Å². The van der Waals surface area contributed by atoms with Crippen molar-refractivity contribution in [2.24, 2.45) is 0 Å². The van der Waals surface area contributed by atoms with E-state index in [9.17, 15) is 9.90 Å². The van der Waals surface area contributed by atoms with Gasteiger partial charge in [0.25, 0.3) is 5.91 Å². The molecule has 98 valence electrons. The second kappa shape index (κ2) is 5.76. The quantitative estimate of drug-likeness (QED) is 0.868. The van der Waals surface area contributed by atoms with Crippen molar-refractivity contribution in [2.45, 2.75) is 25.4 Å². The van der Waals surface area contributed by atoms with Crippen LogP contribution in [0.5, 0.6) is 0 Å². The molecule has 1 aromatic rings. The maximum absolute atomic E-state index is 11.8. The maximum atomic E-state index is 11.8. The predicted octanol–water partition coefficient (Wildman–Crippen LogP) is 1.52. The highest BCUT2D eigenvalue weighted by atomic mass is 32.2. The Morgan fingerprint density at radius 1 is 1.56 bits per heavy atom. The van der Waals surface area contributed by atoms with Crippen molar-refractivity contribution in [1.29, 1.82) is 0 Å². The molecule has 1 aromatic carbocycles. The molecule has 1 aliphatic heterocycles. The van der Waals surface area contributed by atoms with Gasteiger partial charge in [-0.1, -0.05) is 29.8 Å². The number of carbonyl (C=O) groups excluding carboxylic acids is 1. The molecule has 0 bridgehead atoms. The normalized spacial score (nSPS) is 23.0. The van der Waals surface area contributed by atoms with E-state index in [0.717, 1.165) is 12.2 Å². The van der Waals surface area contributed by atoms with Gasteiger partial charge < -0.3 is 10.4 Å². The molecule has 0 saturated carbocycles. The largest absolute Gasteiger partial charge is 0.379 e. The van der Waals surface area contributed by atoms with Crippen LogP contribution in [0.15, 0.2) is 24.3 Å². The molecule has 1 unspecified atom stereocenters. The van der Waals surface area contributed by atoms with E-state index < -0.39 is 5.60 Å². The summed E-state index contributed by atoms with van der Waals surface area (Å²) in [6.45, 7) is 2.63. The number of rotatable bonds is 4. The fourth-order valence-electron chi connectivity index (χ4n) is 2.09. The molecule has 4 heteroatoms. The lowest BCUT2D eigenvalue weighted by molar-refractivity contribution is -0.137. The summed E-state index contributed by atoms with van der Waals surface area (Å²) in [6.07, 6.45) is 1.37. The van der Waals surface area contributed by atoms with Crippen LogP contribution in [0.2, 0.25) is 0 Å². The summed E-state index contributed by atoms with van der Waals surface area (Å²) in [7, 11) is 0. The highest BCUT2D eigenvalue weighted by molar-refractivity contribution is 7.99. The van der Waals surface area contributed by atoms with Gasteiger partial charge in [0.15, 0.2) is 5.60 Å². The van der Waals surface area contributed by atoms with Crippen molar-refractivity contribution in [3.05, 3.63) is 35.4 Å². The highest BCUT2D eigenvalue weighted by Gasteiger charge is 2.39. The van der Waals surface area contributed by atoms with Crippen molar-refractivity contribution in [1.82, 2.24) is 5.32 Å². The zero-order valence-electron chi connectivity index (χ0n) is 10.6. The van der Waals surface area contributed by atoms with Gasteiger partial charge in [-0.05, 0) is 31.1 Å². The lowest BCUT2D eigenvalue weighted by Gasteiger charge is -2.20. The minimum atomic E-state index is -1.14. The van der Waals surface area contributed by atoms with Gasteiger partial charge in [-0.25, -0.2) is 0 Å². The molecule has 1 fully saturated rings. The average Bonchev–Trinajstić information content (AvgIpc) is 2.77. The number of nitrogens with one attached hydrogen (secondary N) is 1. The van der Waals surface area contributed by atoms with Crippen LogP contribution in [0.1, 0.15) is 17.5 Å². The van der Waals surface area contributed by atoms with Gasteiger partial charge in [0.2, 0.25) is 0 Å². The van der Waals surface area contributed by atoms with Gasteiger partial charge in [-0.3, -0.25) is 4.79 Å². The molecule has 2 rings (SSSR count). The number of aryl methyl sites for hydroxylation is 1. The monoisotopic (exact) mass is 265 g/mol. The maximum Gasteiger partial charge on any atom is 0.252 e.